The lowest BCUT2D eigenvalue weighted by Gasteiger charge is -2.24. The van der Waals surface area contributed by atoms with Crippen molar-refractivity contribution in [3.05, 3.63) is 24.3 Å². The zero-order chi connectivity index (χ0) is 49.3. The summed E-state index contributed by atoms with van der Waals surface area (Å²) in [5.74, 6) is 0.945. The summed E-state index contributed by atoms with van der Waals surface area (Å²) in [6, 6.07) is 7.44. The number of anilines is 8. The molecule has 0 fully saturated rings. The van der Waals surface area contributed by atoms with Crippen LogP contribution in [0.2, 0.25) is 0 Å². The van der Waals surface area contributed by atoms with Crippen molar-refractivity contribution in [2.24, 2.45) is 0 Å². The molecule has 0 saturated heterocycles. The van der Waals surface area contributed by atoms with Crippen molar-refractivity contribution in [1.82, 2.24) is 29.9 Å². The fourth-order valence-electron chi connectivity index (χ4n) is 7.72. The average Bonchev–Trinajstić information content (AvgIpc) is 3.29. The molecule has 2 aromatic heterocycles. The Hall–Kier alpha value is -4.14. The van der Waals surface area contributed by atoms with Crippen LogP contribution in [0.5, 0.6) is 0 Å². The van der Waals surface area contributed by atoms with E-state index in [-0.39, 0.29) is 36.9 Å². The molecular formula is C48H86N12O6S2. The number of benzene rings is 1. The number of aromatic nitrogens is 6. The first-order valence-electron chi connectivity index (χ1n) is 25.9. The number of rotatable bonds is 42. The number of nitrogens with one attached hydrogen (secondary N) is 4. The van der Waals surface area contributed by atoms with Gasteiger partial charge in [-0.15, -0.1) is 0 Å². The zero-order valence-electron chi connectivity index (χ0n) is 41.9. The standard InChI is InChI=1S/C48H86N12O6S2/c1-5-9-13-17-21-25-35-59(36-26-22-18-14-10-6-2)47-55-43(49-33-39-67(61,62)63)53-45(57-47)51-41-29-31-42(32-30-41)52-46-54-44(50-34-40-68(64,65)66)56-48(58-46)60(37-27-23-19-15-11-7-3)38-28-24-20-16-12-8-4/h29-32H,5-28,33-40H2,1-4H3,(H,61,62,63)(H,64,65,66)(H2,49,51,53,55,57)(H2,50,52,54,56,58). The maximum atomic E-state index is 11.6. The van der Waals surface area contributed by atoms with E-state index in [9.17, 15) is 25.9 Å². The van der Waals surface area contributed by atoms with Gasteiger partial charge in [0.15, 0.2) is 0 Å². The minimum absolute atomic E-state index is 0.0800. The third-order valence-corrected chi connectivity index (χ3v) is 13.1. The average molecular weight is 991 g/mol. The van der Waals surface area contributed by atoms with E-state index in [1.165, 1.54) is 103 Å². The Morgan fingerprint density at radius 3 is 0.941 bits per heavy atom. The Labute approximate surface area is 409 Å². The van der Waals surface area contributed by atoms with Gasteiger partial charge < -0.3 is 31.1 Å². The molecule has 20 heteroatoms. The molecule has 0 amide bonds. The third-order valence-electron chi connectivity index (χ3n) is 11.6. The molecule has 0 radical (unpaired) electrons. The molecule has 0 aliphatic carbocycles. The van der Waals surface area contributed by atoms with Crippen molar-refractivity contribution in [2.45, 2.75) is 182 Å². The summed E-state index contributed by atoms with van der Waals surface area (Å²) in [4.78, 5) is 32.7. The van der Waals surface area contributed by atoms with Gasteiger partial charge in [-0.1, -0.05) is 156 Å². The van der Waals surface area contributed by atoms with Crippen LogP contribution in [0.1, 0.15) is 182 Å². The number of hydrogen-bond acceptors (Lipinski definition) is 16. The summed E-state index contributed by atoms with van der Waals surface area (Å²) >= 11 is 0. The van der Waals surface area contributed by atoms with Gasteiger partial charge >= 0.3 is 0 Å². The lowest BCUT2D eigenvalue weighted by Crippen LogP contribution is -2.29. The smallest absolute Gasteiger partial charge is 0.266 e. The van der Waals surface area contributed by atoms with Gasteiger partial charge in [0.1, 0.15) is 0 Å². The van der Waals surface area contributed by atoms with Gasteiger partial charge in [-0.25, -0.2) is 0 Å². The van der Waals surface area contributed by atoms with Crippen LogP contribution in [0.4, 0.5) is 47.1 Å². The van der Waals surface area contributed by atoms with E-state index in [1.807, 2.05) is 24.3 Å². The Morgan fingerprint density at radius 1 is 0.397 bits per heavy atom. The SMILES string of the molecule is CCCCCCCCN(CCCCCCCC)c1nc(NCCS(=O)(=O)O)nc(Nc2ccc(Nc3nc(NCCS(=O)(=O)O)nc(N(CCCCCCCC)CCCCCCCC)n3)cc2)n1. The molecule has 0 aliphatic rings. The number of nitrogens with zero attached hydrogens (tertiary/aromatic N) is 8. The maximum Gasteiger partial charge on any atom is 0.266 e. The predicted octanol–water partition coefficient (Wildman–Crippen LogP) is 11.2. The van der Waals surface area contributed by atoms with Crippen molar-refractivity contribution in [2.75, 3.05) is 81.8 Å². The van der Waals surface area contributed by atoms with E-state index in [0.717, 1.165) is 77.5 Å². The minimum Gasteiger partial charge on any atom is -0.353 e. The Balaban J connectivity index is 1.88. The maximum absolute atomic E-state index is 11.6. The minimum atomic E-state index is -4.20. The first-order valence-corrected chi connectivity index (χ1v) is 29.1. The van der Waals surface area contributed by atoms with Gasteiger partial charge in [-0.05, 0) is 49.9 Å². The topological polar surface area (TPSA) is 241 Å². The van der Waals surface area contributed by atoms with Crippen LogP contribution < -0.4 is 31.1 Å². The second-order valence-corrected chi connectivity index (χ2v) is 21.0. The van der Waals surface area contributed by atoms with Crippen molar-refractivity contribution < 1.29 is 25.9 Å². The molecule has 0 aliphatic heterocycles. The zero-order valence-corrected chi connectivity index (χ0v) is 43.5. The van der Waals surface area contributed by atoms with Gasteiger partial charge in [-0.3, -0.25) is 9.11 Å². The highest BCUT2D eigenvalue weighted by Gasteiger charge is 2.18. The highest BCUT2D eigenvalue weighted by molar-refractivity contribution is 7.86. The van der Waals surface area contributed by atoms with Crippen LogP contribution in [0, 0.1) is 0 Å². The highest BCUT2D eigenvalue weighted by atomic mass is 32.2. The van der Waals surface area contributed by atoms with Crippen LogP contribution >= 0.6 is 0 Å². The molecule has 18 nitrogen and oxygen atoms in total. The second-order valence-electron chi connectivity index (χ2n) is 17.9. The van der Waals surface area contributed by atoms with Gasteiger partial charge in [0.05, 0.1) is 11.5 Å². The van der Waals surface area contributed by atoms with Crippen molar-refractivity contribution in [1.29, 1.82) is 0 Å². The van der Waals surface area contributed by atoms with Gasteiger partial charge in [0.25, 0.3) is 20.2 Å². The molecule has 3 aromatic rings. The lowest BCUT2D eigenvalue weighted by atomic mass is 10.1. The number of unbranched alkanes of at least 4 members (excludes halogenated alkanes) is 20. The summed E-state index contributed by atoms with van der Waals surface area (Å²) in [6.45, 7) is 11.8. The molecule has 0 saturated carbocycles. The van der Waals surface area contributed by atoms with Crippen LogP contribution in [0.25, 0.3) is 0 Å². The molecule has 0 atom stereocenters. The first kappa shape index (κ1) is 58.2. The van der Waals surface area contributed by atoms with E-state index in [4.69, 9.17) is 19.9 Å². The molecule has 68 heavy (non-hydrogen) atoms. The normalized spacial score (nSPS) is 11.7. The fraction of sp³-hybridized carbons (Fsp3) is 0.750. The molecule has 0 unspecified atom stereocenters. The molecule has 386 valence electrons. The summed E-state index contributed by atoms with van der Waals surface area (Å²) < 4.78 is 65.0. The van der Waals surface area contributed by atoms with Gasteiger partial charge in [-0.2, -0.15) is 46.7 Å². The van der Waals surface area contributed by atoms with E-state index in [1.54, 1.807) is 0 Å². The predicted molar refractivity (Wildman–Crippen MR) is 280 cm³/mol. The van der Waals surface area contributed by atoms with Crippen molar-refractivity contribution >= 4 is 67.3 Å². The van der Waals surface area contributed by atoms with Crippen LogP contribution in [-0.4, -0.2) is 107 Å². The van der Waals surface area contributed by atoms with Crippen LogP contribution in [0.3, 0.4) is 0 Å². The molecule has 6 N–H and O–H groups in total. The van der Waals surface area contributed by atoms with Crippen molar-refractivity contribution in [3.63, 3.8) is 0 Å². The van der Waals surface area contributed by atoms with E-state index in [0.29, 0.717) is 23.3 Å². The largest absolute Gasteiger partial charge is 0.353 e. The Bertz CT molecular complexity index is 1840. The molecule has 2 heterocycles. The quantitative estimate of drug-likeness (QED) is 0.0228. The molecule has 0 bridgehead atoms. The summed E-state index contributed by atoms with van der Waals surface area (Å²) in [6.07, 6.45) is 27.7. The summed E-state index contributed by atoms with van der Waals surface area (Å²) in [5.41, 5.74) is 1.37. The highest BCUT2D eigenvalue weighted by Crippen LogP contribution is 2.24. The van der Waals surface area contributed by atoms with Gasteiger partial charge in [0, 0.05) is 50.6 Å². The van der Waals surface area contributed by atoms with Crippen LogP contribution in [0.15, 0.2) is 24.3 Å². The first-order chi connectivity index (χ1) is 32.8. The Morgan fingerprint density at radius 2 is 0.662 bits per heavy atom. The van der Waals surface area contributed by atoms with E-state index >= 15 is 0 Å². The van der Waals surface area contributed by atoms with E-state index in [2.05, 4.69) is 68.7 Å². The lowest BCUT2D eigenvalue weighted by molar-refractivity contribution is 0.481. The van der Waals surface area contributed by atoms with Crippen molar-refractivity contribution in [3.8, 4) is 0 Å². The molecular weight excluding hydrogens is 905 g/mol. The Kier molecular flexibility index (Phi) is 29.3. The fourth-order valence-corrected chi connectivity index (χ4v) is 8.44. The third kappa shape index (κ3) is 27.2. The monoisotopic (exact) mass is 991 g/mol. The summed E-state index contributed by atoms with van der Waals surface area (Å²) in [7, 11) is -8.40. The molecule has 0 spiro atoms. The van der Waals surface area contributed by atoms with Gasteiger partial charge in [0.2, 0.25) is 35.7 Å². The van der Waals surface area contributed by atoms with Crippen LogP contribution in [-0.2, 0) is 20.2 Å². The molecule has 3 rings (SSSR count). The number of hydrogen-bond donors (Lipinski definition) is 6. The second kappa shape index (κ2) is 34.2. The summed E-state index contributed by atoms with van der Waals surface area (Å²) in [5, 5.41) is 12.6. The van der Waals surface area contributed by atoms with E-state index < -0.39 is 31.7 Å². The molecule has 1 aromatic carbocycles.